The molecule has 0 bridgehead atoms. The third kappa shape index (κ3) is 3.24. The molecule has 0 saturated heterocycles. The van der Waals surface area contributed by atoms with Crippen LogP contribution in [-0.4, -0.2) is 15.9 Å². The zero-order chi connectivity index (χ0) is 12.3. The van der Waals surface area contributed by atoms with Gasteiger partial charge < -0.3 is 4.74 Å². The average Bonchev–Trinajstić information content (AvgIpc) is 2.79. The summed E-state index contributed by atoms with van der Waals surface area (Å²) in [6.07, 6.45) is 10.6. The first kappa shape index (κ1) is 12.5. The van der Waals surface area contributed by atoms with Crippen LogP contribution in [0.3, 0.4) is 0 Å². The lowest BCUT2D eigenvalue weighted by atomic mass is 9.86. The summed E-state index contributed by atoms with van der Waals surface area (Å²) in [6, 6.07) is 0.406. The lowest BCUT2D eigenvalue weighted by Gasteiger charge is -2.27. The zero-order valence-corrected chi connectivity index (χ0v) is 11.2. The van der Waals surface area contributed by atoms with Gasteiger partial charge in [-0.2, -0.15) is 5.10 Å². The topological polar surface area (TPSA) is 27.1 Å². The summed E-state index contributed by atoms with van der Waals surface area (Å²) in [5.74, 6) is 1.85. The highest BCUT2D eigenvalue weighted by molar-refractivity contribution is 5.12. The highest BCUT2D eigenvalue weighted by atomic mass is 16.5. The number of ether oxygens (including phenoxy) is 1. The highest BCUT2D eigenvalue weighted by Crippen LogP contribution is 2.29. The van der Waals surface area contributed by atoms with Crippen molar-refractivity contribution in [2.24, 2.45) is 5.92 Å². The summed E-state index contributed by atoms with van der Waals surface area (Å²) in [5, 5.41) is 4.30. The zero-order valence-electron chi connectivity index (χ0n) is 11.2. The van der Waals surface area contributed by atoms with Gasteiger partial charge in [-0.05, 0) is 45.4 Å². The molecule has 1 aliphatic carbocycles. The fourth-order valence-electron chi connectivity index (χ4n) is 2.51. The van der Waals surface area contributed by atoms with Crippen molar-refractivity contribution in [2.45, 2.75) is 65.0 Å². The second-order valence-electron chi connectivity index (χ2n) is 5.42. The van der Waals surface area contributed by atoms with Gasteiger partial charge in [-0.25, -0.2) is 0 Å². The molecule has 0 unspecified atom stereocenters. The molecule has 1 heterocycles. The lowest BCUT2D eigenvalue weighted by Crippen LogP contribution is -2.23. The van der Waals surface area contributed by atoms with Crippen LogP contribution in [0.25, 0.3) is 0 Å². The third-order valence-corrected chi connectivity index (χ3v) is 3.78. The molecule has 96 valence electrons. The van der Waals surface area contributed by atoms with Gasteiger partial charge in [0.05, 0.1) is 18.5 Å². The summed E-state index contributed by atoms with van der Waals surface area (Å²) in [5.41, 5.74) is 0. The molecule has 0 N–H and O–H groups in total. The van der Waals surface area contributed by atoms with Crippen LogP contribution in [0, 0.1) is 5.92 Å². The van der Waals surface area contributed by atoms with Gasteiger partial charge in [-0.3, -0.25) is 4.68 Å². The SMILES string of the molecule is CCC1CCC(Oc2cnn(C(C)C)c2)CC1. The van der Waals surface area contributed by atoms with Gasteiger partial charge in [-0.1, -0.05) is 13.3 Å². The van der Waals surface area contributed by atoms with Crippen molar-refractivity contribution in [2.75, 3.05) is 0 Å². The lowest BCUT2D eigenvalue weighted by molar-refractivity contribution is 0.130. The van der Waals surface area contributed by atoms with Gasteiger partial charge in [0, 0.05) is 6.04 Å². The minimum atomic E-state index is 0.405. The van der Waals surface area contributed by atoms with Gasteiger partial charge >= 0.3 is 0 Å². The summed E-state index contributed by atoms with van der Waals surface area (Å²) in [6.45, 7) is 6.55. The van der Waals surface area contributed by atoms with Crippen molar-refractivity contribution in [3.8, 4) is 5.75 Å². The largest absolute Gasteiger partial charge is 0.487 e. The average molecular weight is 236 g/mol. The van der Waals surface area contributed by atoms with Crippen LogP contribution in [0.4, 0.5) is 0 Å². The Labute approximate surface area is 104 Å². The van der Waals surface area contributed by atoms with E-state index in [0.29, 0.717) is 12.1 Å². The van der Waals surface area contributed by atoms with E-state index in [0.717, 1.165) is 11.7 Å². The van der Waals surface area contributed by atoms with Crippen LogP contribution < -0.4 is 4.74 Å². The highest BCUT2D eigenvalue weighted by Gasteiger charge is 2.21. The first-order valence-corrected chi connectivity index (χ1v) is 6.89. The van der Waals surface area contributed by atoms with Gasteiger partial charge in [0.2, 0.25) is 0 Å². The first-order valence-electron chi connectivity index (χ1n) is 6.89. The molecule has 1 aliphatic rings. The predicted octanol–water partition coefficient (Wildman–Crippen LogP) is 3.81. The summed E-state index contributed by atoms with van der Waals surface area (Å²) < 4.78 is 7.95. The van der Waals surface area contributed by atoms with Crippen LogP contribution in [0.2, 0.25) is 0 Å². The van der Waals surface area contributed by atoms with Gasteiger partial charge in [0.15, 0.2) is 5.75 Å². The van der Waals surface area contributed by atoms with Crippen LogP contribution in [0.15, 0.2) is 12.4 Å². The van der Waals surface area contributed by atoms with E-state index in [1.54, 1.807) is 0 Å². The molecule has 0 aliphatic heterocycles. The summed E-state index contributed by atoms with van der Waals surface area (Å²) >= 11 is 0. The Morgan fingerprint density at radius 3 is 2.59 bits per heavy atom. The van der Waals surface area contributed by atoms with Crippen LogP contribution in [0.5, 0.6) is 5.75 Å². The Balaban J connectivity index is 1.84. The van der Waals surface area contributed by atoms with Crippen molar-refractivity contribution >= 4 is 0 Å². The van der Waals surface area contributed by atoms with Crippen LogP contribution >= 0.6 is 0 Å². The van der Waals surface area contributed by atoms with Gasteiger partial charge in [0.1, 0.15) is 0 Å². The number of hydrogen-bond donors (Lipinski definition) is 0. The first-order chi connectivity index (χ1) is 8.19. The quantitative estimate of drug-likeness (QED) is 0.794. The Hall–Kier alpha value is -0.990. The van der Waals surface area contributed by atoms with E-state index in [2.05, 4.69) is 25.9 Å². The molecular formula is C14H24N2O. The fraction of sp³-hybridized carbons (Fsp3) is 0.786. The molecule has 0 amide bonds. The maximum atomic E-state index is 6.00. The van der Waals surface area contributed by atoms with E-state index in [4.69, 9.17) is 4.74 Å². The van der Waals surface area contributed by atoms with E-state index in [-0.39, 0.29) is 0 Å². The van der Waals surface area contributed by atoms with Crippen molar-refractivity contribution < 1.29 is 4.74 Å². The Morgan fingerprint density at radius 1 is 1.35 bits per heavy atom. The molecular weight excluding hydrogens is 212 g/mol. The maximum Gasteiger partial charge on any atom is 0.157 e. The van der Waals surface area contributed by atoms with Crippen LogP contribution in [0.1, 0.15) is 58.9 Å². The van der Waals surface area contributed by atoms with Crippen molar-refractivity contribution in [3.05, 3.63) is 12.4 Å². The molecule has 1 aromatic rings. The monoisotopic (exact) mass is 236 g/mol. The molecule has 1 saturated carbocycles. The van der Waals surface area contributed by atoms with E-state index in [9.17, 15) is 0 Å². The van der Waals surface area contributed by atoms with Gasteiger partial charge in [0.25, 0.3) is 0 Å². The Kier molecular flexibility index (Phi) is 4.08. The smallest absolute Gasteiger partial charge is 0.157 e. The van der Waals surface area contributed by atoms with E-state index >= 15 is 0 Å². The predicted molar refractivity (Wildman–Crippen MR) is 69.3 cm³/mol. The normalized spacial score (nSPS) is 25.2. The molecule has 1 fully saturated rings. The minimum absolute atomic E-state index is 0.405. The molecule has 3 nitrogen and oxygen atoms in total. The molecule has 0 spiro atoms. The number of rotatable bonds is 4. The molecule has 3 heteroatoms. The Morgan fingerprint density at radius 2 is 2.06 bits per heavy atom. The second kappa shape index (κ2) is 5.56. The Bertz CT molecular complexity index is 338. The molecule has 0 atom stereocenters. The second-order valence-corrected chi connectivity index (χ2v) is 5.42. The van der Waals surface area contributed by atoms with E-state index in [1.165, 1.54) is 32.1 Å². The molecule has 17 heavy (non-hydrogen) atoms. The maximum absolute atomic E-state index is 6.00. The van der Waals surface area contributed by atoms with Crippen molar-refractivity contribution in [1.29, 1.82) is 0 Å². The molecule has 0 radical (unpaired) electrons. The van der Waals surface area contributed by atoms with Crippen LogP contribution in [-0.2, 0) is 0 Å². The van der Waals surface area contributed by atoms with Gasteiger partial charge in [-0.15, -0.1) is 0 Å². The standard InChI is InChI=1S/C14H24N2O/c1-4-12-5-7-13(8-6-12)17-14-9-15-16(10-14)11(2)3/h9-13H,4-8H2,1-3H3. The molecule has 1 aromatic heterocycles. The minimum Gasteiger partial charge on any atom is -0.487 e. The molecule has 2 rings (SSSR count). The summed E-state index contributed by atoms with van der Waals surface area (Å²) in [7, 11) is 0. The fourth-order valence-corrected chi connectivity index (χ4v) is 2.51. The molecule has 0 aromatic carbocycles. The number of nitrogens with zero attached hydrogens (tertiary/aromatic N) is 2. The van der Waals surface area contributed by atoms with Crippen molar-refractivity contribution in [3.63, 3.8) is 0 Å². The third-order valence-electron chi connectivity index (χ3n) is 3.78. The van der Waals surface area contributed by atoms with Crippen molar-refractivity contribution in [1.82, 2.24) is 9.78 Å². The van der Waals surface area contributed by atoms with E-state index < -0.39 is 0 Å². The number of aromatic nitrogens is 2. The van der Waals surface area contributed by atoms with E-state index in [1.807, 2.05) is 17.1 Å². The number of hydrogen-bond acceptors (Lipinski definition) is 2. The summed E-state index contributed by atoms with van der Waals surface area (Å²) in [4.78, 5) is 0.